The number of aromatic nitrogens is 4. The van der Waals surface area contributed by atoms with E-state index in [2.05, 4.69) is 162 Å². The van der Waals surface area contributed by atoms with Crippen LogP contribution in [0, 0.1) is 0 Å². The molecule has 0 aliphatic heterocycles. The van der Waals surface area contributed by atoms with Crippen LogP contribution in [0.1, 0.15) is 0 Å². The first-order valence-electron chi connectivity index (χ1n) is 17.2. The van der Waals surface area contributed by atoms with Crippen LogP contribution in [0.2, 0.25) is 0 Å². The summed E-state index contributed by atoms with van der Waals surface area (Å²) in [6, 6.07) is 64.0. The fourth-order valence-corrected chi connectivity index (χ4v) is 7.35. The van der Waals surface area contributed by atoms with Crippen LogP contribution >= 0.6 is 0 Å². The normalized spacial score (nSPS) is 11.5. The van der Waals surface area contributed by atoms with E-state index in [1.807, 2.05) is 24.3 Å². The Morgan fingerprint density at radius 3 is 1.51 bits per heavy atom. The molecule has 0 radical (unpaired) electrons. The number of rotatable bonds is 5. The second-order valence-corrected chi connectivity index (χ2v) is 12.9. The van der Waals surface area contributed by atoms with Crippen molar-refractivity contribution >= 4 is 43.4 Å². The minimum absolute atomic E-state index is 0.636. The van der Waals surface area contributed by atoms with Crippen molar-refractivity contribution in [3.63, 3.8) is 0 Å². The topological polar surface area (TPSA) is 43.6 Å². The lowest BCUT2D eigenvalue weighted by molar-refractivity contribution is 1.07. The molecule has 4 heteroatoms. The Kier molecular flexibility index (Phi) is 6.78. The first-order chi connectivity index (χ1) is 25.3. The van der Waals surface area contributed by atoms with E-state index in [1.54, 1.807) is 0 Å². The molecule has 2 aromatic heterocycles. The molecule has 8 aromatic carbocycles. The number of para-hydroxylation sites is 2. The summed E-state index contributed by atoms with van der Waals surface area (Å²) in [5.74, 6) is 1.91. The summed E-state index contributed by atoms with van der Waals surface area (Å²) in [6.45, 7) is 0. The zero-order valence-electron chi connectivity index (χ0n) is 27.6. The third-order valence-corrected chi connectivity index (χ3v) is 9.80. The number of hydrogen-bond acceptors (Lipinski definition) is 3. The lowest BCUT2D eigenvalue weighted by Crippen LogP contribution is -2.02. The van der Waals surface area contributed by atoms with E-state index in [9.17, 15) is 0 Å². The van der Waals surface area contributed by atoms with Gasteiger partial charge in [0.05, 0.1) is 11.0 Å². The van der Waals surface area contributed by atoms with Gasteiger partial charge in [-0.25, -0.2) is 15.0 Å². The third kappa shape index (κ3) is 5.04. The summed E-state index contributed by atoms with van der Waals surface area (Å²) in [7, 11) is 0. The van der Waals surface area contributed by atoms with Crippen LogP contribution in [0.15, 0.2) is 182 Å². The Balaban J connectivity index is 1.19. The van der Waals surface area contributed by atoms with Crippen molar-refractivity contribution < 1.29 is 0 Å². The average Bonchev–Trinajstić information content (AvgIpc) is 3.55. The third-order valence-electron chi connectivity index (χ3n) is 9.80. The first-order valence-corrected chi connectivity index (χ1v) is 17.2. The standard InChI is InChI=1S/C47H30N4/c1-3-13-31(14-4-1)33-23-24-35-28-37(26-25-34(35)27-33)46-48-45(32-15-5-2-6-16-32)49-47(50-46)42-30-38(29-36-17-7-8-18-39(36)42)51-43-21-11-9-19-40(43)41-20-10-12-22-44(41)51/h1-30H. The molecule has 51 heavy (non-hydrogen) atoms. The molecule has 0 spiro atoms. The lowest BCUT2D eigenvalue weighted by Gasteiger charge is -2.14. The highest BCUT2D eigenvalue weighted by atomic mass is 15.0. The van der Waals surface area contributed by atoms with Crippen molar-refractivity contribution in [1.82, 2.24) is 19.5 Å². The van der Waals surface area contributed by atoms with Crippen molar-refractivity contribution in [3.8, 4) is 51.0 Å². The second kappa shape index (κ2) is 11.9. The summed E-state index contributed by atoms with van der Waals surface area (Å²) in [4.78, 5) is 15.5. The summed E-state index contributed by atoms with van der Waals surface area (Å²) in [6.07, 6.45) is 0. The zero-order chi connectivity index (χ0) is 33.7. The Hall–Kier alpha value is -6.91. The van der Waals surface area contributed by atoms with Gasteiger partial charge in [0, 0.05) is 33.2 Å². The quantitative estimate of drug-likeness (QED) is 0.186. The average molecular weight is 651 g/mol. The zero-order valence-corrected chi connectivity index (χ0v) is 27.6. The van der Waals surface area contributed by atoms with Gasteiger partial charge in [-0.2, -0.15) is 0 Å². The van der Waals surface area contributed by atoms with Crippen LogP contribution in [0.25, 0.3) is 94.3 Å². The molecule has 4 nitrogen and oxygen atoms in total. The van der Waals surface area contributed by atoms with Crippen LogP contribution in [-0.4, -0.2) is 19.5 Å². The molecule has 2 heterocycles. The van der Waals surface area contributed by atoms with E-state index < -0.39 is 0 Å². The Labute approximate surface area is 295 Å². The highest BCUT2D eigenvalue weighted by molar-refractivity contribution is 6.10. The van der Waals surface area contributed by atoms with E-state index >= 15 is 0 Å². The summed E-state index contributed by atoms with van der Waals surface area (Å²) in [5, 5.41) is 6.96. The molecule has 238 valence electrons. The van der Waals surface area contributed by atoms with Crippen LogP contribution in [0.4, 0.5) is 0 Å². The molecule has 0 aliphatic rings. The van der Waals surface area contributed by atoms with E-state index in [4.69, 9.17) is 15.0 Å². The van der Waals surface area contributed by atoms with Crippen molar-refractivity contribution in [1.29, 1.82) is 0 Å². The molecule has 0 saturated heterocycles. The fourth-order valence-electron chi connectivity index (χ4n) is 7.35. The van der Waals surface area contributed by atoms with Gasteiger partial charge in [0.1, 0.15) is 0 Å². The van der Waals surface area contributed by atoms with E-state index in [0.29, 0.717) is 17.5 Å². The van der Waals surface area contributed by atoms with Gasteiger partial charge in [-0.1, -0.05) is 146 Å². The maximum Gasteiger partial charge on any atom is 0.164 e. The predicted molar refractivity (Wildman–Crippen MR) is 211 cm³/mol. The largest absolute Gasteiger partial charge is 0.309 e. The maximum atomic E-state index is 5.24. The van der Waals surface area contributed by atoms with Gasteiger partial charge in [-0.15, -0.1) is 0 Å². The van der Waals surface area contributed by atoms with Crippen LogP contribution in [0.5, 0.6) is 0 Å². The highest BCUT2D eigenvalue weighted by Crippen LogP contribution is 2.37. The lowest BCUT2D eigenvalue weighted by atomic mass is 9.99. The molecule has 0 N–H and O–H groups in total. The molecular weight excluding hydrogens is 621 g/mol. The van der Waals surface area contributed by atoms with Gasteiger partial charge in [-0.05, 0) is 69.1 Å². The number of fused-ring (bicyclic) bond motifs is 5. The molecule has 0 saturated carbocycles. The van der Waals surface area contributed by atoms with Crippen LogP contribution in [0.3, 0.4) is 0 Å². The van der Waals surface area contributed by atoms with Crippen molar-refractivity contribution in [2.24, 2.45) is 0 Å². The van der Waals surface area contributed by atoms with Crippen molar-refractivity contribution in [3.05, 3.63) is 182 Å². The van der Waals surface area contributed by atoms with Crippen molar-refractivity contribution in [2.45, 2.75) is 0 Å². The summed E-state index contributed by atoms with van der Waals surface area (Å²) in [5.41, 5.74) is 8.62. The molecule has 10 rings (SSSR count). The molecule has 0 aliphatic carbocycles. The smallest absolute Gasteiger partial charge is 0.164 e. The number of benzene rings is 8. The SMILES string of the molecule is c1ccc(-c2ccc3cc(-c4nc(-c5ccccc5)nc(-c5cc(-n6c7ccccc7c7ccccc76)cc6ccccc56)n4)ccc3c2)cc1. The van der Waals surface area contributed by atoms with Gasteiger partial charge in [-0.3, -0.25) is 0 Å². The van der Waals surface area contributed by atoms with Gasteiger partial charge < -0.3 is 4.57 Å². The predicted octanol–water partition coefficient (Wildman–Crippen LogP) is 11.9. The van der Waals surface area contributed by atoms with E-state index in [-0.39, 0.29) is 0 Å². The van der Waals surface area contributed by atoms with E-state index in [1.165, 1.54) is 27.3 Å². The van der Waals surface area contributed by atoms with Crippen LogP contribution in [-0.2, 0) is 0 Å². The summed E-state index contributed by atoms with van der Waals surface area (Å²) >= 11 is 0. The molecule has 0 bridgehead atoms. The number of hydrogen-bond donors (Lipinski definition) is 0. The molecule has 0 fully saturated rings. The molecular formula is C47H30N4. The first kappa shape index (κ1) is 29.0. The Morgan fingerprint density at radius 1 is 0.314 bits per heavy atom. The maximum absolute atomic E-state index is 5.24. The summed E-state index contributed by atoms with van der Waals surface area (Å²) < 4.78 is 2.36. The number of nitrogens with zero attached hydrogens (tertiary/aromatic N) is 4. The molecule has 0 unspecified atom stereocenters. The molecule has 0 amide bonds. The van der Waals surface area contributed by atoms with E-state index in [0.717, 1.165) is 49.6 Å². The fraction of sp³-hybridized carbons (Fsp3) is 0. The second-order valence-electron chi connectivity index (χ2n) is 12.9. The van der Waals surface area contributed by atoms with Crippen LogP contribution < -0.4 is 0 Å². The van der Waals surface area contributed by atoms with Gasteiger partial charge in [0.2, 0.25) is 0 Å². The van der Waals surface area contributed by atoms with Gasteiger partial charge in [0.15, 0.2) is 17.5 Å². The van der Waals surface area contributed by atoms with Gasteiger partial charge >= 0.3 is 0 Å². The Bertz CT molecular complexity index is 2860. The minimum atomic E-state index is 0.636. The molecule has 0 atom stereocenters. The monoisotopic (exact) mass is 650 g/mol. The van der Waals surface area contributed by atoms with Crippen molar-refractivity contribution in [2.75, 3.05) is 0 Å². The minimum Gasteiger partial charge on any atom is -0.309 e. The van der Waals surface area contributed by atoms with Gasteiger partial charge in [0.25, 0.3) is 0 Å². The molecule has 10 aromatic rings. The Morgan fingerprint density at radius 2 is 0.824 bits per heavy atom. The highest BCUT2D eigenvalue weighted by Gasteiger charge is 2.18.